The quantitative estimate of drug-likeness (QED) is 0.364. The number of methoxy groups -OCH3 is 1. The van der Waals surface area contributed by atoms with Crippen LogP contribution in [0.15, 0.2) is 53.8 Å². The van der Waals surface area contributed by atoms with Crippen molar-refractivity contribution in [2.24, 2.45) is 0 Å². The van der Waals surface area contributed by atoms with Crippen LogP contribution >= 0.6 is 11.6 Å². The number of benzene rings is 1. The summed E-state index contributed by atoms with van der Waals surface area (Å²) in [6, 6.07) is 6.67. The molecule has 8 nitrogen and oxygen atoms in total. The van der Waals surface area contributed by atoms with E-state index in [1.54, 1.807) is 12.4 Å². The summed E-state index contributed by atoms with van der Waals surface area (Å²) in [5.41, 5.74) is 0.413. The Morgan fingerprint density at radius 1 is 1.16 bits per heavy atom. The molecule has 0 unspecified atom stereocenters. The number of nitrogens with one attached hydrogen (secondary N) is 3. The number of aromatic amines is 1. The fourth-order valence-electron chi connectivity index (χ4n) is 3.02. The Kier molecular flexibility index (Phi) is 5.85. The summed E-state index contributed by atoms with van der Waals surface area (Å²) >= 11 is 5.84. The van der Waals surface area contributed by atoms with Crippen molar-refractivity contribution in [2.75, 3.05) is 17.1 Å². The lowest BCUT2D eigenvalue weighted by Gasteiger charge is -2.15. The van der Waals surface area contributed by atoms with Gasteiger partial charge in [-0.05, 0) is 35.9 Å². The van der Waals surface area contributed by atoms with E-state index >= 15 is 4.39 Å². The second kappa shape index (κ2) is 8.60. The van der Waals surface area contributed by atoms with E-state index in [9.17, 15) is 12.8 Å². The molecule has 0 saturated heterocycles. The molecule has 3 N–H and O–H groups in total. The van der Waals surface area contributed by atoms with Gasteiger partial charge in [-0.2, -0.15) is 0 Å². The third kappa shape index (κ3) is 4.30. The molecule has 4 aromatic rings. The Labute approximate surface area is 186 Å². The van der Waals surface area contributed by atoms with Crippen molar-refractivity contribution in [1.29, 1.82) is 0 Å². The molecular formula is C20H16ClF2N5O3S. The van der Waals surface area contributed by atoms with Gasteiger partial charge in [-0.15, -0.1) is 0 Å². The first-order chi connectivity index (χ1) is 15.3. The van der Waals surface area contributed by atoms with Crippen LogP contribution in [0, 0.1) is 11.6 Å². The number of hydrogen-bond acceptors (Lipinski definition) is 6. The molecule has 4 rings (SSSR count). The summed E-state index contributed by atoms with van der Waals surface area (Å²) in [6.07, 6.45) is 4.50. The van der Waals surface area contributed by atoms with E-state index in [-0.39, 0.29) is 17.4 Å². The molecule has 0 saturated carbocycles. The highest BCUT2D eigenvalue weighted by Gasteiger charge is 2.24. The topological polar surface area (TPSA) is 109 Å². The number of rotatable bonds is 7. The van der Waals surface area contributed by atoms with E-state index in [0.29, 0.717) is 11.2 Å². The van der Waals surface area contributed by atoms with E-state index in [1.165, 1.54) is 13.3 Å². The summed E-state index contributed by atoms with van der Waals surface area (Å²) in [5, 5.41) is 3.54. The molecule has 0 aliphatic heterocycles. The number of aromatic nitrogens is 3. The SMILES string of the molecule is COc1ncc(Cl)cc1S(=O)(=O)Nc1ccc(F)c(NCc2cnc3[nH]ccc3c2)c1F. The molecule has 0 atom stereocenters. The van der Waals surface area contributed by atoms with Gasteiger partial charge >= 0.3 is 0 Å². The van der Waals surface area contributed by atoms with Gasteiger partial charge in [0.05, 0.1) is 17.8 Å². The molecule has 0 bridgehead atoms. The average Bonchev–Trinajstić information content (AvgIpc) is 3.23. The third-order valence-corrected chi connectivity index (χ3v) is 6.10. The van der Waals surface area contributed by atoms with Crippen molar-refractivity contribution in [3.8, 4) is 5.88 Å². The van der Waals surface area contributed by atoms with Gasteiger partial charge < -0.3 is 15.0 Å². The normalized spacial score (nSPS) is 11.5. The van der Waals surface area contributed by atoms with E-state index in [2.05, 4.69) is 25.0 Å². The van der Waals surface area contributed by atoms with Gasteiger partial charge in [-0.1, -0.05) is 11.6 Å². The third-order valence-electron chi connectivity index (χ3n) is 4.53. The predicted molar refractivity (Wildman–Crippen MR) is 116 cm³/mol. The average molecular weight is 480 g/mol. The van der Waals surface area contributed by atoms with Gasteiger partial charge in [-0.3, -0.25) is 4.72 Å². The Hall–Kier alpha value is -3.44. The number of anilines is 2. The summed E-state index contributed by atoms with van der Waals surface area (Å²) in [7, 11) is -3.11. The lowest BCUT2D eigenvalue weighted by atomic mass is 10.2. The smallest absolute Gasteiger partial charge is 0.267 e. The maximum atomic E-state index is 15.0. The molecule has 12 heteroatoms. The van der Waals surface area contributed by atoms with Gasteiger partial charge in [0.15, 0.2) is 10.7 Å². The lowest BCUT2D eigenvalue weighted by Crippen LogP contribution is -2.16. The Balaban J connectivity index is 1.61. The first-order valence-electron chi connectivity index (χ1n) is 9.15. The van der Waals surface area contributed by atoms with Gasteiger partial charge in [-0.25, -0.2) is 27.2 Å². The van der Waals surface area contributed by atoms with Crippen molar-refractivity contribution in [1.82, 2.24) is 15.0 Å². The number of fused-ring (bicyclic) bond motifs is 1. The molecule has 0 aliphatic carbocycles. The van der Waals surface area contributed by atoms with Crippen LogP contribution in [0.2, 0.25) is 5.02 Å². The van der Waals surface area contributed by atoms with Crippen molar-refractivity contribution < 1.29 is 21.9 Å². The summed E-state index contributed by atoms with van der Waals surface area (Å²) in [4.78, 5) is 10.6. The lowest BCUT2D eigenvalue weighted by molar-refractivity contribution is 0.385. The molecule has 0 radical (unpaired) electrons. The molecule has 0 spiro atoms. The number of hydrogen-bond donors (Lipinski definition) is 3. The molecule has 3 heterocycles. The number of nitrogens with zero attached hydrogens (tertiary/aromatic N) is 2. The summed E-state index contributed by atoms with van der Waals surface area (Å²) in [5.74, 6) is -2.23. The van der Waals surface area contributed by atoms with Crippen molar-refractivity contribution in [3.05, 3.63) is 71.1 Å². The molecule has 3 aromatic heterocycles. The number of pyridine rings is 2. The van der Waals surface area contributed by atoms with Crippen LogP contribution < -0.4 is 14.8 Å². The second-order valence-corrected chi connectivity index (χ2v) is 8.75. The van der Waals surface area contributed by atoms with Crippen LogP contribution in [-0.2, 0) is 16.6 Å². The Bertz CT molecular complexity index is 1410. The van der Waals surface area contributed by atoms with Crippen LogP contribution in [0.4, 0.5) is 20.2 Å². The van der Waals surface area contributed by atoms with E-state index in [1.807, 2.05) is 12.1 Å². The van der Waals surface area contributed by atoms with Gasteiger partial charge in [0.2, 0.25) is 5.88 Å². The Morgan fingerprint density at radius 3 is 2.75 bits per heavy atom. The van der Waals surface area contributed by atoms with Crippen LogP contribution in [0.5, 0.6) is 5.88 Å². The van der Waals surface area contributed by atoms with Gasteiger partial charge in [0.1, 0.15) is 17.2 Å². The highest BCUT2D eigenvalue weighted by atomic mass is 35.5. The van der Waals surface area contributed by atoms with E-state index < -0.39 is 37.9 Å². The maximum Gasteiger partial charge on any atom is 0.267 e. The van der Waals surface area contributed by atoms with Crippen LogP contribution in [0.25, 0.3) is 11.0 Å². The van der Waals surface area contributed by atoms with E-state index in [4.69, 9.17) is 16.3 Å². The second-order valence-electron chi connectivity index (χ2n) is 6.66. The predicted octanol–water partition coefficient (Wildman–Crippen LogP) is 4.31. The molecule has 32 heavy (non-hydrogen) atoms. The van der Waals surface area contributed by atoms with Crippen LogP contribution in [0.1, 0.15) is 5.56 Å². The number of ether oxygens (including phenoxy) is 1. The van der Waals surface area contributed by atoms with Crippen LogP contribution in [0.3, 0.4) is 0 Å². The molecule has 1 aromatic carbocycles. The minimum atomic E-state index is -4.34. The number of halogens is 3. The maximum absolute atomic E-state index is 15.0. The first-order valence-corrected chi connectivity index (χ1v) is 11.0. The molecule has 166 valence electrons. The zero-order valence-electron chi connectivity index (χ0n) is 16.5. The zero-order chi connectivity index (χ0) is 22.9. The van der Waals surface area contributed by atoms with Crippen molar-refractivity contribution in [2.45, 2.75) is 11.4 Å². The van der Waals surface area contributed by atoms with Gasteiger partial charge in [0, 0.05) is 30.5 Å². The van der Waals surface area contributed by atoms with Gasteiger partial charge in [0.25, 0.3) is 10.0 Å². The molecule has 0 fully saturated rings. The minimum Gasteiger partial charge on any atom is -0.480 e. The Morgan fingerprint density at radius 2 is 1.97 bits per heavy atom. The largest absolute Gasteiger partial charge is 0.480 e. The number of sulfonamides is 1. The highest BCUT2D eigenvalue weighted by molar-refractivity contribution is 7.92. The molecule has 0 aliphatic rings. The summed E-state index contributed by atoms with van der Waals surface area (Å²) in [6.45, 7) is 0.0597. The zero-order valence-corrected chi connectivity index (χ0v) is 18.1. The molecule has 0 amide bonds. The van der Waals surface area contributed by atoms with Crippen molar-refractivity contribution in [3.63, 3.8) is 0 Å². The fraction of sp³-hybridized carbons (Fsp3) is 0.100. The summed E-state index contributed by atoms with van der Waals surface area (Å²) < 4.78 is 61.9. The van der Waals surface area contributed by atoms with Crippen molar-refractivity contribution >= 4 is 44.0 Å². The fourth-order valence-corrected chi connectivity index (χ4v) is 4.45. The highest BCUT2D eigenvalue weighted by Crippen LogP contribution is 2.31. The van der Waals surface area contributed by atoms with E-state index in [0.717, 1.165) is 23.6 Å². The minimum absolute atomic E-state index is 0.0427. The van der Waals surface area contributed by atoms with Crippen LogP contribution in [-0.4, -0.2) is 30.5 Å². The first kappa shape index (κ1) is 21.8. The monoisotopic (exact) mass is 479 g/mol. The standard InChI is InChI=1S/C20H16ClF2N5O3S/c1-31-20-16(7-13(21)10-27-20)32(29,30)28-15-3-2-14(22)18(17(15)23)25-8-11-6-12-4-5-24-19(12)26-9-11/h2-7,9-10,25,28H,8H2,1H3,(H,24,26). The number of H-pyrrole nitrogens is 1. The molecular weight excluding hydrogens is 464 g/mol.